The summed E-state index contributed by atoms with van der Waals surface area (Å²) >= 11 is 0. The molecule has 0 aliphatic rings. The minimum atomic E-state index is -1.51. The van der Waals surface area contributed by atoms with Crippen LogP contribution in [0, 0.1) is 0 Å². The van der Waals surface area contributed by atoms with Gasteiger partial charge >= 0.3 is 17.9 Å². The van der Waals surface area contributed by atoms with Crippen LogP contribution >= 0.6 is 0 Å². The molecule has 0 rings (SSSR count). The zero-order valence-corrected chi connectivity index (χ0v) is 60.1. The first-order valence-corrected chi connectivity index (χ1v) is 38.6. The second kappa shape index (κ2) is 71.6. The minimum absolute atomic E-state index is 0.177. The molecule has 0 fully saturated rings. The minimum Gasteiger partial charge on any atom is -0.477 e. The van der Waals surface area contributed by atoms with Gasteiger partial charge in [-0.2, -0.15) is 0 Å². The van der Waals surface area contributed by atoms with Gasteiger partial charge in [0.15, 0.2) is 6.10 Å². The Morgan fingerprint density at radius 3 is 0.944 bits per heavy atom. The highest BCUT2D eigenvalue weighted by Crippen LogP contribution is 2.19. The van der Waals surface area contributed by atoms with Crippen molar-refractivity contribution in [2.45, 2.75) is 379 Å². The third-order valence-electron chi connectivity index (χ3n) is 17.2. The van der Waals surface area contributed by atoms with E-state index in [1.165, 1.54) is 263 Å². The van der Waals surface area contributed by atoms with Crippen LogP contribution in [0.3, 0.4) is 0 Å². The molecule has 0 aromatic heterocycles. The Labute approximate surface area is 557 Å². The third kappa shape index (κ3) is 72.2. The van der Waals surface area contributed by atoms with E-state index in [4.69, 9.17) is 18.9 Å². The van der Waals surface area contributed by atoms with Crippen molar-refractivity contribution in [3.05, 3.63) is 72.9 Å². The predicted molar refractivity (Wildman–Crippen MR) is 387 cm³/mol. The van der Waals surface area contributed by atoms with Gasteiger partial charge in [0.25, 0.3) is 6.29 Å². The lowest BCUT2D eigenvalue weighted by Crippen LogP contribution is -2.40. The second-order valence-electron chi connectivity index (χ2n) is 27.3. The van der Waals surface area contributed by atoms with E-state index in [2.05, 4.69) is 86.8 Å². The molecule has 9 heteroatoms. The van der Waals surface area contributed by atoms with E-state index in [9.17, 15) is 19.5 Å². The van der Waals surface area contributed by atoms with Gasteiger partial charge < -0.3 is 28.5 Å². The van der Waals surface area contributed by atoms with Gasteiger partial charge in [-0.15, -0.1) is 0 Å². The lowest BCUT2D eigenvalue weighted by Gasteiger charge is -2.25. The number of carboxylic acids is 1. The predicted octanol–water partition coefficient (Wildman–Crippen LogP) is 24.4. The highest BCUT2D eigenvalue weighted by atomic mass is 16.7. The Bertz CT molecular complexity index is 1710. The number of quaternary nitrogens is 1. The molecule has 0 saturated carbocycles. The molecular formula is C81H148NO8+. The molecule has 0 amide bonds. The first kappa shape index (κ1) is 86.7. The molecule has 0 heterocycles. The number of carbonyl (C=O) groups is 3. The Morgan fingerprint density at radius 2 is 0.633 bits per heavy atom. The number of likely N-dealkylation sites (N-methyl/N-ethyl adjacent to an activating group) is 1. The molecule has 0 aliphatic carbocycles. The average molecular weight is 1260 g/mol. The van der Waals surface area contributed by atoms with E-state index < -0.39 is 18.4 Å². The maximum Gasteiger partial charge on any atom is 0.361 e. The number of ether oxygens (including phenoxy) is 4. The zero-order valence-electron chi connectivity index (χ0n) is 60.1. The largest absolute Gasteiger partial charge is 0.477 e. The Hall–Kier alpha value is -3.27. The SMILES string of the molecule is CC/C=C\C/C=C\C/C=C\C/C=C\C/C=C\C/C=C\CCCCCCCCCCCCCCCCCCCCCCC(=O)OC(COC(=O)CCCCCCCCCCCCCCCCCCCCCCCCCCCC)COC(OCC[N+](C)(C)C)C(=O)O. The summed E-state index contributed by atoms with van der Waals surface area (Å²) in [6, 6.07) is 0. The fourth-order valence-electron chi connectivity index (χ4n) is 11.4. The summed E-state index contributed by atoms with van der Waals surface area (Å²) in [5, 5.41) is 9.76. The molecule has 90 heavy (non-hydrogen) atoms. The van der Waals surface area contributed by atoms with Crippen LogP contribution in [0.5, 0.6) is 0 Å². The number of hydrogen-bond donors (Lipinski definition) is 1. The van der Waals surface area contributed by atoms with Crippen molar-refractivity contribution in [3.8, 4) is 0 Å². The molecule has 0 bridgehead atoms. The summed E-state index contributed by atoms with van der Waals surface area (Å²) in [4.78, 5) is 37.7. The fourth-order valence-corrected chi connectivity index (χ4v) is 11.4. The van der Waals surface area contributed by atoms with Gasteiger partial charge in [0.2, 0.25) is 0 Å². The second-order valence-corrected chi connectivity index (χ2v) is 27.3. The summed E-state index contributed by atoms with van der Waals surface area (Å²) in [7, 11) is 5.99. The first-order chi connectivity index (χ1) is 44.1. The number of rotatable bonds is 72. The smallest absolute Gasteiger partial charge is 0.361 e. The lowest BCUT2D eigenvalue weighted by atomic mass is 10.0. The van der Waals surface area contributed by atoms with Crippen LogP contribution in [0.2, 0.25) is 0 Å². The summed E-state index contributed by atoms with van der Waals surface area (Å²) in [6.07, 6.45) is 93.3. The number of hydrogen-bond acceptors (Lipinski definition) is 7. The van der Waals surface area contributed by atoms with E-state index in [1.807, 2.05) is 21.1 Å². The quantitative estimate of drug-likeness (QED) is 0.0211. The normalized spacial score (nSPS) is 13.0. The zero-order chi connectivity index (χ0) is 65.4. The van der Waals surface area contributed by atoms with Crippen LogP contribution < -0.4 is 0 Å². The van der Waals surface area contributed by atoms with Gasteiger partial charge in [-0.1, -0.05) is 363 Å². The van der Waals surface area contributed by atoms with Crippen LogP contribution in [0.25, 0.3) is 0 Å². The highest BCUT2D eigenvalue weighted by Gasteiger charge is 2.25. The molecule has 2 atom stereocenters. The Kier molecular flexibility index (Phi) is 69.0. The molecule has 0 spiro atoms. The van der Waals surface area contributed by atoms with Gasteiger partial charge in [0, 0.05) is 12.8 Å². The Morgan fingerprint density at radius 1 is 0.344 bits per heavy atom. The molecule has 524 valence electrons. The van der Waals surface area contributed by atoms with Crippen LogP contribution in [0.4, 0.5) is 0 Å². The van der Waals surface area contributed by atoms with E-state index in [0.29, 0.717) is 17.4 Å². The molecule has 2 unspecified atom stereocenters. The van der Waals surface area contributed by atoms with Gasteiger partial charge in [0.1, 0.15) is 13.2 Å². The molecule has 0 saturated heterocycles. The Balaban J connectivity index is 4.00. The van der Waals surface area contributed by atoms with Gasteiger partial charge in [-0.05, 0) is 64.2 Å². The van der Waals surface area contributed by atoms with Crippen molar-refractivity contribution in [3.63, 3.8) is 0 Å². The van der Waals surface area contributed by atoms with Crippen LogP contribution in [0.1, 0.15) is 367 Å². The van der Waals surface area contributed by atoms with Crippen molar-refractivity contribution in [1.82, 2.24) is 0 Å². The lowest BCUT2D eigenvalue weighted by molar-refractivity contribution is -0.870. The standard InChI is InChI=1S/C81H147NO8/c1-6-8-10-12-14-16-18-20-22-24-26-28-30-32-34-35-36-37-38-39-40-41-42-43-44-45-46-48-50-52-54-56-58-60-62-64-66-68-70-72-79(84)90-77(76-89-81(80(85)86)87-74-73-82(3,4)5)75-88-78(83)71-69-67-65-63-61-59-57-55-53-51-49-47-33-31-29-27-25-23-21-19-17-15-13-11-9-7-2/h8,10,14,16,20,22,26,28,32,34,36-37,77,81H,6-7,9,11-13,15,17-19,21,23-25,27,29-31,33,35,38-76H2,1-5H3/p+1/b10-8-,16-14-,22-20-,28-26-,34-32-,37-36-. The highest BCUT2D eigenvalue weighted by molar-refractivity contribution is 5.71. The molecular weight excluding hydrogens is 1110 g/mol. The molecule has 0 aliphatic heterocycles. The van der Waals surface area contributed by atoms with Gasteiger partial charge in [-0.3, -0.25) is 9.59 Å². The number of allylic oxidation sites excluding steroid dienone is 12. The fraction of sp³-hybridized carbons (Fsp3) is 0.815. The number of aliphatic carboxylic acids is 1. The van der Waals surface area contributed by atoms with E-state index in [1.54, 1.807) is 0 Å². The van der Waals surface area contributed by atoms with E-state index in [-0.39, 0.29) is 38.2 Å². The maximum atomic E-state index is 13.0. The number of nitrogens with zero attached hydrogens (tertiary/aromatic N) is 1. The summed E-state index contributed by atoms with van der Waals surface area (Å²) < 4.78 is 23.0. The van der Waals surface area contributed by atoms with Crippen molar-refractivity contribution in [1.29, 1.82) is 0 Å². The molecule has 1 N–H and O–H groups in total. The summed E-state index contributed by atoms with van der Waals surface area (Å²) in [5.41, 5.74) is 0. The van der Waals surface area contributed by atoms with Crippen molar-refractivity contribution in [2.75, 3.05) is 47.5 Å². The van der Waals surface area contributed by atoms with Crippen LogP contribution in [-0.4, -0.2) is 87.4 Å². The average Bonchev–Trinajstić information content (AvgIpc) is 3.65. The first-order valence-electron chi connectivity index (χ1n) is 38.6. The molecule has 0 radical (unpaired) electrons. The number of carbonyl (C=O) groups excluding carboxylic acids is 2. The molecule has 0 aromatic rings. The van der Waals surface area contributed by atoms with Crippen molar-refractivity contribution < 1.29 is 42.9 Å². The maximum absolute atomic E-state index is 13.0. The van der Waals surface area contributed by atoms with Crippen molar-refractivity contribution in [2.24, 2.45) is 0 Å². The van der Waals surface area contributed by atoms with Crippen LogP contribution in [0.15, 0.2) is 72.9 Å². The van der Waals surface area contributed by atoms with Crippen molar-refractivity contribution >= 4 is 17.9 Å². The number of carboxylic acid groups (broad SMARTS) is 1. The monoisotopic (exact) mass is 1260 g/mol. The summed E-state index contributed by atoms with van der Waals surface area (Å²) in [5.74, 6) is -1.98. The van der Waals surface area contributed by atoms with Crippen LogP contribution in [-0.2, 0) is 33.3 Å². The molecule has 0 aromatic carbocycles. The molecule has 9 nitrogen and oxygen atoms in total. The van der Waals surface area contributed by atoms with E-state index >= 15 is 0 Å². The number of esters is 2. The summed E-state index contributed by atoms with van der Waals surface area (Å²) in [6.45, 7) is 4.83. The van der Waals surface area contributed by atoms with Gasteiger partial charge in [-0.25, -0.2) is 4.79 Å². The third-order valence-corrected chi connectivity index (χ3v) is 17.2. The number of unbranched alkanes of at least 4 members (excludes halogenated alkanes) is 45. The van der Waals surface area contributed by atoms with E-state index in [0.717, 1.165) is 77.0 Å². The topological polar surface area (TPSA) is 108 Å². The van der Waals surface area contributed by atoms with Gasteiger partial charge in [0.05, 0.1) is 34.4 Å².